The van der Waals surface area contributed by atoms with Gasteiger partial charge in [-0.1, -0.05) is 18.2 Å². The molecule has 6 heteroatoms. The van der Waals surface area contributed by atoms with E-state index in [1.807, 2.05) is 12.1 Å². The van der Waals surface area contributed by atoms with Crippen LogP contribution in [-0.4, -0.2) is 56.2 Å². The normalized spacial score (nSPS) is 20.5. The second-order valence-corrected chi connectivity index (χ2v) is 7.57. The lowest BCUT2D eigenvalue weighted by molar-refractivity contribution is 0.184. The van der Waals surface area contributed by atoms with E-state index in [-0.39, 0.29) is 0 Å². The molecule has 2 aromatic rings. The van der Waals surface area contributed by atoms with Crippen molar-refractivity contribution in [3.05, 3.63) is 35.2 Å². The number of nitrogens with zero attached hydrogens (tertiary/aromatic N) is 2. The van der Waals surface area contributed by atoms with Crippen molar-refractivity contribution in [2.45, 2.75) is 12.5 Å². The summed E-state index contributed by atoms with van der Waals surface area (Å²) in [6.07, 6.45) is 0.698. The van der Waals surface area contributed by atoms with Gasteiger partial charge in [0, 0.05) is 36.3 Å². The van der Waals surface area contributed by atoms with Crippen LogP contribution < -0.4 is 10.6 Å². The minimum Gasteiger partial charge on any atom is -0.386 e. The second kappa shape index (κ2) is 7.96. The van der Waals surface area contributed by atoms with Crippen molar-refractivity contribution < 1.29 is 5.11 Å². The smallest absolute Gasteiger partial charge is 0.191 e. The summed E-state index contributed by atoms with van der Waals surface area (Å²) in [5, 5.41) is 18.2. The average Bonchev–Trinajstić information content (AvgIpc) is 3.20. The number of nitrogens with one attached hydrogen (secondary N) is 2. The third-order valence-corrected chi connectivity index (χ3v) is 5.72. The Morgan fingerprint density at radius 2 is 2.25 bits per heavy atom. The number of hydrogen-bond acceptors (Lipinski definition) is 4. The molecule has 1 saturated heterocycles. The van der Waals surface area contributed by atoms with Crippen LogP contribution in [0.15, 0.2) is 35.3 Å². The van der Waals surface area contributed by atoms with E-state index >= 15 is 0 Å². The first-order valence-electron chi connectivity index (χ1n) is 8.45. The maximum Gasteiger partial charge on any atom is 0.191 e. The predicted molar refractivity (Wildman–Crippen MR) is 102 cm³/mol. The molecule has 0 bridgehead atoms. The van der Waals surface area contributed by atoms with Crippen LogP contribution in [0.5, 0.6) is 0 Å². The SMILES string of the molecule is CN=C(NCC1CCN(C)C1)NCC(O)c1cc2ccccc2s1. The van der Waals surface area contributed by atoms with E-state index in [1.54, 1.807) is 18.4 Å². The van der Waals surface area contributed by atoms with Crippen molar-refractivity contribution in [1.82, 2.24) is 15.5 Å². The van der Waals surface area contributed by atoms with Crippen LogP contribution in [0.2, 0.25) is 0 Å². The van der Waals surface area contributed by atoms with Crippen molar-refractivity contribution in [2.75, 3.05) is 40.3 Å². The molecule has 0 aliphatic carbocycles. The molecular weight excluding hydrogens is 320 g/mol. The highest BCUT2D eigenvalue weighted by Crippen LogP contribution is 2.29. The topological polar surface area (TPSA) is 59.9 Å². The molecule has 24 heavy (non-hydrogen) atoms. The number of aliphatic hydroxyl groups is 1. The number of likely N-dealkylation sites (tertiary alicyclic amines) is 1. The molecule has 1 aromatic carbocycles. The third-order valence-electron chi connectivity index (χ3n) is 4.51. The van der Waals surface area contributed by atoms with Gasteiger partial charge in [0.25, 0.3) is 0 Å². The summed E-state index contributed by atoms with van der Waals surface area (Å²) in [5.41, 5.74) is 0. The maximum atomic E-state index is 10.4. The van der Waals surface area contributed by atoms with Crippen molar-refractivity contribution in [1.29, 1.82) is 0 Å². The highest BCUT2D eigenvalue weighted by Gasteiger charge is 2.19. The van der Waals surface area contributed by atoms with E-state index in [1.165, 1.54) is 23.1 Å². The first kappa shape index (κ1) is 17.2. The molecule has 2 unspecified atom stereocenters. The van der Waals surface area contributed by atoms with E-state index in [9.17, 15) is 5.11 Å². The van der Waals surface area contributed by atoms with Crippen LogP contribution in [0, 0.1) is 5.92 Å². The zero-order chi connectivity index (χ0) is 16.9. The molecule has 2 atom stereocenters. The Kier molecular flexibility index (Phi) is 5.71. The summed E-state index contributed by atoms with van der Waals surface area (Å²) in [5.74, 6) is 1.42. The van der Waals surface area contributed by atoms with Gasteiger partial charge in [-0.15, -0.1) is 11.3 Å². The highest BCUT2D eigenvalue weighted by atomic mass is 32.1. The first-order valence-corrected chi connectivity index (χ1v) is 9.27. The van der Waals surface area contributed by atoms with Crippen LogP contribution in [0.4, 0.5) is 0 Å². The van der Waals surface area contributed by atoms with Gasteiger partial charge in [0.15, 0.2) is 5.96 Å². The van der Waals surface area contributed by atoms with Gasteiger partial charge in [0.05, 0.1) is 0 Å². The minimum absolute atomic E-state index is 0.455. The molecular formula is C18H26N4OS. The van der Waals surface area contributed by atoms with Crippen molar-refractivity contribution in [3.63, 3.8) is 0 Å². The molecule has 0 spiro atoms. The van der Waals surface area contributed by atoms with Gasteiger partial charge in [-0.25, -0.2) is 0 Å². The number of hydrogen-bond donors (Lipinski definition) is 3. The van der Waals surface area contributed by atoms with E-state index in [0.29, 0.717) is 12.5 Å². The lowest BCUT2D eigenvalue weighted by Crippen LogP contribution is -2.41. The first-order chi connectivity index (χ1) is 11.7. The van der Waals surface area contributed by atoms with E-state index in [2.05, 4.69) is 45.8 Å². The van der Waals surface area contributed by atoms with Gasteiger partial charge in [-0.05, 0) is 43.5 Å². The molecule has 1 aromatic heterocycles. The molecule has 0 saturated carbocycles. The quantitative estimate of drug-likeness (QED) is 0.573. The summed E-state index contributed by atoms with van der Waals surface area (Å²) in [6.45, 7) is 3.68. The van der Waals surface area contributed by atoms with Crippen molar-refractivity contribution in [3.8, 4) is 0 Å². The van der Waals surface area contributed by atoms with Crippen LogP contribution in [-0.2, 0) is 0 Å². The molecule has 2 heterocycles. The summed E-state index contributed by atoms with van der Waals surface area (Å²) < 4.78 is 1.21. The summed E-state index contributed by atoms with van der Waals surface area (Å²) in [6, 6.07) is 10.3. The average molecular weight is 347 g/mol. The Morgan fingerprint density at radius 1 is 1.42 bits per heavy atom. The highest BCUT2D eigenvalue weighted by molar-refractivity contribution is 7.19. The molecule has 130 valence electrons. The Hall–Kier alpha value is -1.63. The molecule has 1 fully saturated rings. The van der Waals surface area contributed by atoms with E-state index < -0.39 is 6.10 Å². The van der Waals surface area contributed by atoms with Crippen LogP contribution in [0.3, 0.4) is 0 Å². The fourth-order valence-electron chi connectivity index (χ4n) is 3.12. The van der Waals surface area contributed by atoms with Gasteiger partial charge in [0.1, 0.15) is 6.10 Å². The van der Waals surface area contributed by atoms with Crippen molar-refractivity contribution in [2.24, 2.45) is 10.9 Å². The molecule has 3 rings (SSSR count). The van der Waals surface area contributed by atoms with Gasteiger partial charge < -0.3 is 20.6 Å². The van der Waals surface area contributed by atoms with Gasteiger partial charge in [-0.2, -0.15) is 0 Å². The molecule has 0 amide bonds. The number of thiophene rings is 1. The number of rotatable bonds is 5. The van der Waals surface area contributed by atoms with Gasteiger partial charge in [0.2, 0.25) is 0 Å². The fourth-order valence-corrected chi connectivity index (χ4v) is 4.17. The third kappa shape index (κ3) is 4.26. The molecule has 1 aliphatic rings. The Bertz CT molecular complexity index is 666. The van der Waals surface area contributed by atoms with E-state index in [0.717, 1.165) is 23.9 Å². The zero-order valence-corrected chi connectivity index (χ0v) is 15.1. The van der Waals surface area contributed by atoms with Crippen LogP contribution >= 0.6 is 11.3 Å². The van der Waals surface area contributed by atoms with Crippen LogP contribution in [0.25, 0.3) is 10.1 Å². The van der Waals surface area contributed by atoms with Crippen LogP contribution in [0.1, 0.15) is 17.4 Å². The van der Waals surface area contributed by atoms with Gasteiger partial charge in [-0.3, -0.25) is 4.99 Å². The number of benzene rings is 1. The predicted octanol–water partition coefficient (Wildman–Crippen LogP) is 2.05. The largest absolute Gasteiger partial charge is 0.386 e. The number of guanidine groups is 1. The summed E-state index contributed by atoms with van der Waals surface area (Å²) in [4.78, 5) is 7.59. The van der Waals surface area contributed by atoms with Crippen molar-refractivity contribution >= 4 is 27.4 Å². The summed E-state index contributed by atoms with van der Waals surface area (Å²) in [7, 11) is 3.93. The molecule has 3 N–H and O–H groups in total. The summed E-state index contributed by atoms with van der Waals surface area (Å²) >= 11 is 1.64. The molecule has 1 aliphatic heterocycles. The second-order valence-electron chi connectivity index (χ2n) is 6.45. The number of aliphatic imine (C=N–C) groups is 1. The zero-order valence-electron chi connectivity index (χ0n) is 14.3. The lowest BCUT2D eigenvalue weighted by Gasteiger charge is -2.17. The van der Waals surface area contributed by atoms with E-state index in [4.69, 9.17) is 0 Å². The Morgan fingerprint density at radius 3 is 2.96 bits per heavy atom. The minimum atomic E-state index is -0.529. The number of aliphatic hydroxyl groups excluding tert-OH is 1. The molecule has 0 radical (unpaired) electrons. The molecule has 5 nitrogen and oxygen atoms in total. The number of fused-ring (bicyclic) bond motifs is 1. The van der Waals surface area contributed by atoms with Gasteiger partial charge >= 0.3 is 0 Å². The fraction of sp³-hybridized carbons (Fsp3) is 0.500. The maximum absolute atomic E-state index is 10.4. The lowest BCUT2D eigenvalue weighted by atomic mass is 10.1. The Balaban J connectivity index is 1.49. The Labute approximate surface area is 147 Å². The standard InChI is InChI=1S/C18H26N4OS/c1-19-18(20-10-13-7-8-22(2)12-13)21-11-15(23)17-9-14-5-3-4-6-16(14)24-17/h3-6,9,13,15,23H,7-8,10-12H2,1-2H3,(H2,19,20,21). The monoisotopic (exact) mass is 346 g/mol.